The van der Waals surface area contributed by atoms with E-state index in [0.29, 0.717) is 17.6 Å². The van der Waals surface area contributed by atoms with Crippen LogP contribution in [0, 0.1) is 0 Å². The number of benzene rings is 11. The van der Waals surface area contributed by atoms with Gasteiger partial charge in [-0.3, -0.25) is 4.57 Å². The van der Waals surface area contributed by atoms with Gasteiger partial charge in [-0.05, 0) is 72.9 Å². The van der Waals surface area contributed by atoms with Crippen molar-refractivity contribution in [3.63, 3.8) is 0 Å². The van der Waals surface area contributed by atoms with E-state index in [1.165, 1.54) is 33.4 Å². The van der Waals surface area contributed by atoms with Crippen LogP contribution in [0.25, 0.3) is 138 Å². The molecule has 0 aliphatic heterocycles. The Labute approximate surface area is 411 Å². The highest BCUT2D eigenvalue weighted by Gasteiger charge is 2.25. The van der Waals surface area contributed by atoms with Crippen molar-refractivity contribution in [2.75, 3.05) is 0 Å². The van der Waals surface area contributed by atoms with Crippen LogP contribution >= 0.6 is 0 Å². The van der Waals surface area contributed by atoms with Gasteiger partial charge in [0.25, 0.3) is 0 Å². The molecule has 3 aromatic heterocycles. The van der Waals surface area contributed by atoms with Crippen molar-refractivity contribution in [1.82, 2.24) is 19.5 Å². The lowest BCUT2D eigenvalue weighted by molar-refractivity contribution is 0.669. The van der Waals surface area contributed by atoms with Gasteiger partial charge in [0.15, 0.2) is 11.6 Å². The SMILES string of the molecule is CCC.c1ccc(-c2ccc(-c3nc(-c4ccc(-c5ccccc5)cc4)nc(-n4c5c(-c6ccc7oc8ccc9ccccc9c8c7c6)cccc5c5c6ccccc6c6ccccc6c54)n3)cc2)cc1. The highest BCUT2D eigenvalue weighted by atomic mass is 16.3. The van der Waals surface area contributed by atoms with Crippen LogP contribution in [0.3, 0.4) is 0 Å². The molecule has 5 heteroatoms. The molecule has 0 saturated heterocycles. The van der Waals surface area contributed by atoms with Gasteiger partial charge in [0.2, 0.25) is 5.95 Å². The molecule has 11 aromatic carbocycles. The smallest absolute Gasteiger partial charge is 0.238 e. The fourth-order valence-electron chi connectivity index (χ4n) is 10.5. The monoisotopic (exact) mass is 910 g/mol. The molecule has 71 heavy (non-hydrogen) atoms. The van der Waals surface area contributed by atoms with E-state index in [-0.39, 0.29) is 0 Å². The maximum atomic E-state index is 6.52. The van der Waals surface area contributed by atoms with Gasteiger partial charge in [0.1, 0.15) is 11.2 Å². The van der Waals surface area contributed by atoms with Crippen LogP contribution in [0.2, 0.25) is 0 Å². The molecule has 5 nitrogen and oxygen atoms in total. The fourth-order valence-corrected chi connectivity index (χ4v) is 10.5. The molecule has 0 saturated carbocycles. The molecule has 0 fully saturated rings. The van der Waals surface area contributed by atoms with E-state index in [1.54, 1.807) is 0 Å². The molecule has 0 bridgehead atoms. The van der Waals surface area contributed by atoms with Gasteiger partial charge < -0.3 is 4.42 Å². The third kappa shape index (κ3) is 7.12. The molecule has 14 aromatic rings. The standard InChI is InChI=1S/C63H38N4O.C3H8/c1-3-14-39(15-4-1)41-26-30-44(31-27-41)61-64-62(45-32-28-42(29-33-45)40-16-5-2-6-17-40)66-63(65-61)67-59-48(46-35-36-55-54(38-46)57-47-19-8-7-18-43(47)34-37-56(57)68-55)24-13-25-53(59)58-51-22-11-9-20-49(51)50-21-10-12-23-52(50)60(58)67;1-3-2/h1-38H;3H2,1-2H3. The van der Waals surface area contributed by atoms with Gasteiger partial charge in [-0.2, -0.15) is 9.97 Å². The Morgan fingerprint density at radius 2 is 0.817 bits per heavy atom. The summed E-state index contributed by atoms with van der Waals surface area (Å²) in [5, 5.41) is 11.5. The maximum Gasteiger partial charge on any atom is 0.238 e. The van der Waals surface area contributed by atoms with E-state index >= 15 is 0 Å². The zero-order valence-corrected chi connectivity index (χ0v) is 39.3. The van der Waals surface area contributed by atoms with Crippen molar-refractivity contribution < 1.29 is 4.42 Å². The van der Waals surface area contributed by atoms with Crippen molar-refractivity contribution in [2.45, 2.75) is 20.3 Å². The van der Waals surface area contributed by atoms with Crippen LogP contribution in [-0.2, 0) is 0 Å². The Bertz CT molecular complexity index is 4210. The van der Waals surface area contributed by atoms with E-state index in [9.17, 15) is 0 Å². The van der Waals surface area contributed by atoms with Crippen LogP contribution in [-0.4, -0.2) is 19.5 Å². The summed E-state index contributed by atoms with van der Waals surface area (Å²) in [5.74, 6) is 1.72. The lowest BCUT2D eigenvalue weighted by atomic mass is 9.95. The van der Waals surface area contributed by atoms with Gasteiger partial charge in [-0.25, -0.2) is 4.98 Å². The van der Waals surface area contributed by atoms with Crippen molar-refractivity contribution in [1.29, 1.82) is 0 Å². The Balaban J connectivity index is 0.00000160. The van der Waals surface area contributed by atoms with E-state index in [4.69, 9.17) is 19.4 Å². The van der Waals surface area contributed by atoms with Crippen molar-refractivity contribution in [2.24, 2.45) is 0 Å². The molecule has 0 aliphatic rings. The van der Waals surface area contributed by atoms with Gasteiger partial charge in [0.05, 0.1) is 11.0 Å². The molecule has 0 radical (unpaired) electrons. The first-order chi connectivity index (χ1) is 35.1. The summed E-state index contributed by atoms with van der Waals surface area (Å²) in [6.45, 7) is 4.25. The predicted octanol–water partition coefficient (Wildman–Crippen LogP) is 18.1. The van der Waals surface area contributed by atoms with Crippen LogP contribution < -0.4 is 0 Å². The number of nitrogens with zero attached hydrogens (tertiary/aromatic N) is 4. The zero-order valence-electron chi connectivity index (χ0n) is 39.3. The molecule has 0 amide bonds. The number of hydrogen-bond donors (Lipinski definition) is 0. The van der Waals surface area contributed by atoms with Crippen molar-refractivity contribution in [3.05, 3.63) is 231 Å². The third-order valence-corrected chi connectivity index (χ3v) is 13.7. The van der Waals surface area contributed by atoms with Crippen LogP contribution in [0.1, 0.15) is 20.3 Å². The summed E-state index contributed by atoms with van der Waals surface area (Å²) in [4.78, 5) is 16.3. The molecule has 14 rings (SSSR count). The third-order valence-electron chi connectivity index (χ3n) is 13.7. The molecule has 0 unspecified atom stereocenters. The molecule has 0 aliphatic carbocycles. The molecule has 336 valence electrons. The number of para-hydroxylation sites is 1. The van der Waals surface area contributed by atoms with E-state index in [0.717, 1.165) is 93.6 Å². The largest absolute Gasteiger partial charge is 0.456 e. The second-order valence-corrected chi connectivity index (χ2v) is 18.2. The van der Waals surface area contributed by atoms with Crippen molar-refractivity contribution >= 4 is 76.1 Å². The summed E-state index contributed by atoms with van der Waals surface area (Å²) in [5.41, 5.74) is 12.3. The second kappa shape index (κ2) is 17.4. The number of aromatic nitrogens is 4. The minimum Gasteiger partial charge on any atom is -0.456 e. The highest BCUT2D eigenvalue weighted by Crippen LogP contribution is 2.46. The fraction of sp³-hybridized carbons (Fsp3) is 0.0455. The molecule has 0 spiro atoms. The summed E-state index contributed by atoms with van der Waals surface area (Å²) in [6, 6.07) is 81.6. The summed E-state index contributed by atoms with van der Waals surface area (Å²) < 4.78 is 8.83. The normalized spacial score (nSPS) is 11.6. The van der Waals surface area contributed by atoms with Crippen LogP contribution in [0.5, 0.6) is 0 Å². The number of hydrogen-bond acceptors (Lipinski definition) is 4. The molecule has 3 heterocycles. The quantitative estimate of drug-likeness (QED) is 0.156. The summed E-state index contributed by atoms with van der Waals surface area (Å²) in [6.07, 6.45) is 1.25. The average Bonchev–Trinajstić information content (AvgIpc) is 4.02. The first-order valence-electron chi connectivity index (χ1n) is 24.4. The van der Waals surface area contributed by atoms with E-state index in [2.05, 4.69) is 237 Å². The van der Waals surface area contributed by atoms with Crippen LogP contribution in [0.4, 0.5) is 0 Å². The Kier molecular flexibility index (Phi) is 10.3. The van der Waals surface area contributed by atoms with E-state index in [1.807, 2.05) is 12.1 Å². The average molecular weight is 911 g/mol. The van der Waals surface area contributed by atoms with Crippen LogP contribution in [0.15, 0.2) is 235 Å². The van der Waals surface area contributed by atoms with Gasteiger partial charge >= 0.3 is 0 Å². The van der Waals surface area contributed by atoms with Gasteiger partial charge in [-0.15, -0.1) is 0 Å². The topological polar surface area (TPSA) is 56.7 Å². The Morgan fingerprint density at radius 3 is 1.45 bits per heavy atom. The lowest BCUT2D eigenvalue weighted by Gasteiger charge is -2.14. The predicted molar refractivity (Wildman–Crippen MR) is 297 cm³/mol. The molecule has 0 N–H and O–H groups in total. The Hall–Kier alpha value is -9.19. The second-order valence-electron chi connectivity index (χ2n) is 18.2. The molecular formula is C66H46N4O. The van der Waals surface area contributed by atoms with Gasteiger partial charge in [-0.1, -0.05) is 233 Å². The number of fused-ring (bicyclic) bond motifs is 13. The molecular weight excluding hydrogens is 865 g/mol. The first kappa shape index (κ1) is 42.0. The Morgan fingerprint density at radius 1 is 0.338 bits per heavy atom. The summed E-state index contributed by atoms with van der Waals surface area (Å²) >= 11 is 0. The minimum atomic E-state index is 0.540. The zero-order chi connectivity index (χ0) is 47.4. The highest BCUT2D eigenvalue weighted by molar-refractivity contribution is 6.33. The maximum absolute atomic E-state index is 6.52. The number of furan rings is 1. The molecule has 0 atom stereocenters. The van der Waals surface area contributed by atoms with Gasteiger partial charge in [0, 0.05) is 43.6 Å². The van der Waals surface area contributed by atoms with E-state index < -0.39 is 0 Å². The van der Waals surface area contributed by atoms with Crippen molar-refractivity contribution in [3.8, 4) is 62.1 Å². The summed E-state index contributed by atoms with van der Waals surface area (Å²) in [7, 11) is 0. The lowest BCUT2D eigenvalue weighted by Crippen LogP contribution is -2.07. The first-order valence-corrected chi connectivity index (χ1v) is 24.4. The minimum absolute atomic E-state index is 0.540. The number of rotatable bonds is 6.